The first-order valence-electron chi connectivity index (χ1n) is 12.5. The van der Waals surface area contributed by atoms with E-state index in [1.807, 2.05) is 32.0 Å². The number of nitrogen functional groups attached to an aromatic ring is 1. The van der Waals surface area contributed by atoms with Gasteiger partial charge in [0.2, 0.25) is 0 Å². The first-order valence-corrected chi connectivity index (χ1v) is 13.3. The number of aliphatic hydroxyl groups excluding tert-OH is 1. The van der Waals surface area contributed by atoms with Crippen LogP contribution in [0.5, 0.6) is 0 Å². The maximum absolute atomic E-state index is 15.2. The number of benzene rings is 2. The molecule has 0 bridgehead atoms. The van der Waals surface area contributed by atoms with Crippen LogP contribution < -0.4 is 11.1 Å². The summed E-state index contributed by atoms with van der Waals surface area (Å²) in [7, 11) is 0. The maximum Gasteiger partial charge on any atom is 0.254 e. The standard InChI is InChI=1S/C28H31BrF2N4O2/c1-3-4-23(18-9-15(2)10-19(29)11-18)35-28(37)20-7-5-17(13-21(20)30)26-27(32)33-14-24(34-26)16-6-8-25(36)22(31)12-16/h5,7,9-11,13-14,16,22-23,25,36H,3-4,6,8,12H2,1-2H3,(H2,32,33)(H,35,37)/t16-,22-,23+,25+/m0/s1. The van der Waals surface area contributed by atoms with E-state index in [1.165, 1.54) is 18.3 Å². The number of halogens is 3. The van der Waals surface area contributed by atoms with E-state index in [0.29, 0.717) is 30.5 Å². The lowest BCUT2D eigenvalue weighted by Crippen LogP contribution is -2.30. The number of carbonyl (C=O) groups is 1. The zero-order valence-electron chi connectivity index (χ0n) is 20.8. The molecule has 0 unspecified atom stereocenters. The van der Waals surface area contributed by atoms with Gasteiger partial charge < -0.3 is 16.2 Å². The molecule has 4 rings (SSSR count). The number of rotatable bonds is 7. The highest BCUT2D eigenvalue weighted by molar-refractivity contribution is 9.10. The number of carbonyl (C=O) groups excluding carboxylic acids is 1. The summed E-state index contributed by atoms with van der Waals surface area (Å²) in [4.78, 5) is 21.8. The van der Waals surface area contributed by atoms with Crippen molar-refractivity contribution in [2.45, 2.75) is 70.2 Å². The van der Waals surface area contributed by atoms with E-state index in [4.69, 9.17) is 5.73 Å². The van der Waals surface area contributed by atoms with Gasteiger partial charge in [0.1, 0.15) is 23.5 Å². The van der Waals surface area contributed by atoms with Crippen LogP contribution in [0.15, 0.2) is 47.1 Å². The molecule has 4 atom stereocenters. The van der Waals surface area contributed by atoms with Gasteiger partial charge in [-0.05, 0) is 68.0 Å². The lowest BCUT2D eigenvalue weighted by Gasteiger charge is -2.28. The van der Waals surface area contributed by atoms with Crippen molar-refractivity contribution in [3.8, 4) is 11.3 Å². The molecule has 1 aliphatic carbocycles. The molecule has 1 fully saturated rings. The normalized spacial score (nSPS) is 20.4. The molecular formula is C28H31BrF2N4O2. The summed E-state index contributed by atoms with van der Waals surface area (Å²) in [6.45, 7) is 4.01. The largest absolute Gasteiger partial charge is 0.390 e. The number of nitrogens with zero attached hydrogens (tertiary/aromatic N) is 2. The third-order valence-electron chi connectivity index (χ3n) is 6.81. The van der Waals surface area contributed by atoms with Gasteiger partial charge in [0.05, 0.1) is 29.6 Å². The number of nitrogens with one attached hydrogen (secondary N) is 1. The number of aromatic nitrogens is 2. The monoisotopic (exact) mass is 572 g/mol. The number of aliphatic hydroxyl groups is 1. The van der Waals surface area contributed by atoms with Crippen molar-refractivity contribution < 1.29 is 18.7 Å². The van der Waals surface area contributed by atoms with Crippen LogP contribution in [-0.4, -0.2) is 33.3 Å². The van der Waals surface area contributed by atoms with Gasteiger partial charge in [-0.25, -0.2) is 18.7 Å². The molecule has 2 aromatic carbocycles. The summed E-state index contributed by atoms with van der Waals surface area (Å²) in [5.74, 6) is -1.31. The van der Waals surface area contributed by atoms with Gasteiger partial charge in [-0.1, -0.05) is 41.4 Å². The van der Waals surface area contributed by atoms with E-state index < -0.39 is 24.0 Å². The average Bonchev–Trinajstić information content (AvgIpc) is 2.85. The number of hydrogen-bond donors (Lipinski definition) is 3. The predicted octanol–water partition coefficient (Wildman–Crippen LogP) is 6.17. The molecule has 0 saturated heterocycles. The molecule has 196 valence electrons. The van der Waals surface area contributed by atoms with Gasteiger partial charge in [0.15, 0.2) is 0 Å². The lowest BCUT2D eigenvalue weighted by atomic mass is 9.84. The Kier molecular flexibility index (Phi) is 8.54. The number of hydrogen-bond acceptors (Lipinski definition) is 5. The van der Waals surface area contributed by atoms with Crippen molar-refractivity contribution in [1.82, 2.24) is 15.3 Å². The Bertz CT molecular complexity index is 1270. The van der Waals surface area contributed by atoms with Crippen LogP contribution in [0, 0.1) is 12.7 Å². The first-order chi connectivity index (χ1) is 17.7. The second-order valence-corrected chi connectivity index (χ2v) is 10.6. The van der Waals surface area contributed by atoms with Crippen molar-refractivity contribution in [3.05, 3.63) is 75.3 Å². The molecule has 0 spiro atoms. The molecule has 1 amide bonds. The number of anilines is 1. The van der Waals surface area contributed by atoms with Crippen molar-refractivity contribution in [2.75, 3.05) is 5.73 Å². The van der Waals surface area contributed by atoms with Crippen LogP contribution in [0.1, 0.15) is 78.2 Å². The highest BCUT2D eigenvalue weighted by Crippen LogP contribution is 2.35. The van der Waals surface area contributed by atoms with Crippen LogP contribution in [0.3, 0.4) is 0 Å². The first kappa shape index (κ1) is 27.1. The summed E-state index contributed by atoms with van der Waals surface area (Å²) in [5, 5.41) is 12.7. The molecule has 3 aromatic rings. The van der Waals surface area contributed by atoms with Crippen LogP contribution in [0.2, 0.25) is 0 Å². The molecule has 4 N–H and O–H groups in total. The van der Waals surface area contributed by atoms with Crippen LogP contribution in [-0.2, 0) is 0 Å². The van der Waals surface area contributed by atoms with E-state index >= 15 is 4.39 Å². The van der Waals surface area contributed by atoms with Gasteiger partial charge in [-0.3, -0.25) is 4.79 Å². The molecule has 1 aliphatic rings. The minimum absolute atomic E-state index is 0.0826. The molecule has 1 saturated carbocycles. The zero-order chi connectivity index (χ0) is 26.7. The fraction of sp³-hybridized carbons (Fsp3) is 0.393. The third kappa shape index (κ3) is 6.33. The molecule has 6 nitrogen and oxygen atoms in total. The van der Waals surface area contributed by atoms with Crippen molar-refractivity contribution in [1.29, 1.82) is 0 Å². The zero-order valence-corrected chi connectivity index (χ0v) is 22.4. The Morgan fingerprint density at radius 2 is 2.05 bits per heavy atom. The smallest absolute Gasteiger partial charge is 0.254 e. The SMILES string of the molecule is CCC[C@@H](NC(=O)c1ccc(-c2nc([C@H]3CC[C@@H](O)[C@@H](F)C3)cnc2N)cc1F)c1cc(C)cc(Br)c1. The molecule has 1 heterocycles. The summed E-state index contributed by atoms with van der Waals surface area (Å²) >= 11 is 3.50. The van der Waals surface area contributed by atoms with E-state index in [2.05, 4.69) is 31.2 Å². The quantitative estimate of drug-likeness (QED) is 0.314. The number of aryl methyl sites for hydroxylation is 1. The predicted molar refractivity (Wildman–Crippen MR) is 143 cm³/mol. The van der Waals surface area contributed by atoms with Gasteiger partial charge in [0.25, 0.3) is 5.91 Å². The Labute approximate surface area is 223 Å². The summed E-state index contributed by atoms with van der Waals surface area (Å²) in [5.41, 5.74) is 9.17. The highest BCUT2D eigenvalue weighted by Gasteiger charge is 2.31. The molecular weight excluding hydrogens is 542 g/mol. The van der Waals surface area contributed by atoms with Gasteiger partial charge in [-0.2, -0.15) is 0 Å². The van der Waals surface area contributed by atoms with Crippen molar-refractivity contribution >= 4 is 27.7 Å². The molecule has 0 aliphatic heterocycles. The van der Waals surface area contributed by atoms with Crippen LogP contribution in [0.4, 0.5) is 14.6 Å². The van der Waals surface area contributed by atoms with E-state index in [9.17, 15) is 14.3 Å². The topological polar surface area (TPSA) is 101 Å². The molecule has 37 heavy (non-hydrogen) atoms. The average molecular weight is 573 g/mol. The van der Waals surface area contributed by atoms with Crippen LogP contribution >= 0.6 is 15.9 Å². The Morgan fingerprint density at radius 3 is 2.73 bits per heavy atom. The number of nitrogens with two attached hydrogens (primary N) is 1. The summed E-state index contributed by atoms with van der Waals surface area (Å²) in [6, 6.07) is 9.92. The van der Waals surface area contributed by atoms with Gasteiger partial charge in [0, 0.05) is 16.0 Å². The maximum atomic E-state index is 15.2. The molecule has 0 radical (unpaired) electrons. The fourth-order valence-corrected chi connectivity index (χ4v) is 5.47. The van der Waals surface area contributed by atoms with Gasteiger partial charge >= 0.3 is 0 Å². The van der Waals surface area contributed by atoms with E-state index in [1.54, 1.807) is 6.07 Å². The number of alkyl halides is 1. The second kappa shape index (κ2) is 11.6. The summed E-state index contributed by atoms with van der Waals surface area (Å²) < 4.78 is 30.2. The Hall–Kier alpha value is -2.91. The third-order valence-corrected chi connectivity index (χ3v) is 7.27. The van der Waals surface area contributed by atoms with Crippen molar-refractivity contribution in [3.63, 3.8) is 0 Å². The van der Waals surface area contributed by atoms with E-state index in [-0.39, 0.29) is 35.5 Å². The second-order valence-electron chi connectivity index (χ2n) is 9.69. The Balaban J connectivity index is 1.56. The lowest BCUT2D eigenvalue weighted by molar-refractivity contribution is 0.0363. The fourth-order valence-electron chi connectivity index (χ4n) is 4.85. The van der Waals surface area contributed by atoms with E-state index in [0.717, 1.165) is 22.0 Å². The summed E-state index contributed by atoms with van der Waals surface area (Å²) in [6.07, 6.45) is 1.82. The molecule has 1 aromatic heterocycles. The molecule has 9 heteroatoms. The van der Waals surface area contributed by atoms with Crippen molar-refractivity contribution in [2.24, 2.45) is 0 Å². The van der Waals surface area contributed by atoms with Gasteiger partial charge in [-0.15, -0.1) is 0 Å². The van der Waals surface area contributed by atoms with Crippen LogP contribution in [0.25, 0.3) is 11.3 Å². The minimum atomic E-state index is -1.32. The minimum Gasteiger partial charge on any atom is -0.390 e. The highest BCUT2D eigenvalue weighted by atomic mass is 79.9. The number of amides is 1. The Morgan fingerprint density at radius 1 is 1.27 bits per heavy atom.